The molecule has 2 aromatic carbocycles. The highest BCUT2D eigenvalue weighted by Gasteiger charge is 2.34. The van der Waals surface area contributed by atoms with Gasteiger partial charge in [0.2, 0.25) is 0 Å². The van der Waals surface area contributed by atoms with E-state index in [0.29, 0.717) is 0 Å². The SMILES string of the molecule is Cc1nn(-c2ccccc2)c(C)c1CNC(=O)NC(C)c1ccccc1C(F)(F)F. The molecule has 30 heavy (non-hydrogen) atoms. The third kappa shape index (κ3) is 4.64. The third-order valence-electron chi connectivity index (χ3n) is 4.95. The van der Waals surface area contributed by atoms with Crippen LogP contribution in [0.25, 0.3) is 5.69 Å². The predicted molar refractivity (Wildman–Crippen MR) is 108 cm³/mol. The topological polar surface area (TPSA) is 59.0 Å². The van der Waals surface area contributed by atoms with Crippen LogP contribution in [0.3, 0.4) is 0 Å². The molecular weight excluding hydrogens is 393 g/mol. The van der Waals surface area contributed by atoms with Crippen LogP contribution < -0.4 is 10.6 Å². The van der Waals surface area contributed by atoms with Gasteiger partial charge in [0.15, 0.2) is 0 Å². The second kappa shape index (κ2) is 8.61. The van der Waals surface area contributed by atoms with E-state index in [4.69, 9.17) is 0 Å². The normalized spacial score (nSPS) is 12.5. The molecule has 2 N–H and O–H groups in total. The van der Waals surface area contributed by atoms with Crippen LogP contribution in [-0.4, -0.2) is 15.8 Å². The van der Waals surface area contributed by atoms with Gasteiger partial charge in [-0.1, -0.05) is 36.4 Å². The lowest BCUT2D eigenvalue weighted by atomic mass is 10.0. The molecule has 0 aliphatic heterocycles. The molecule has 5 nitrogen and oxygen atoms in total. The summed E-state index contributed by atoms with van der Waals surface area (Å²) in [5.41, 5.74) is 2.68. The zero-order chi connectivity index (χ0) is 21.9. The first kappa shape index (κ1) is 21.4. The number of benzene rings is 2. The predicted octanol–water partition coefficient (Wildman–Crippen LogP) is 5.07. The van der Waals surface area contributed by atoms with Crippen molar-refractivity contribution >= 4 is 6.03 Å². The highest BCUT2D eigenvalue weighted by atomic mass is 19.4. The van der Waals surface area contributed by atoms with Crippen LogP contribution in [0.1, 0.15) is 41.0 Å². The van der Waals surface area contributed by atoms with E-state index >= 15 is 0 Å². The second-order valence-corrected chi connectivity index (χ2v) is 7.03. The maximum absolute atomic E-state index is 13.2. The van der Waals surface area contributed by atoms with Crippen molar-refractivity contribution in [1.82, 2.24) is 20.4 Å². The Labute approximate surface area is 172 Å². The molecule has 0 aliphatic rings. The van der Waals surface area contributed by atoms with Crippen molar-refractivity contribution in [3.05, 3.63) is 82.7 Å². The monoisotopic (exact) mass is 416 g/mol. The van der Waals surface area contributed by atoms with E-state index in [9.17, 15) is 18.0 Å². The van der Waals surface area contributed by atoms with Gasteiger partial charge in [-0.3, -0.25) is 0 Å². The lowest BCUT2D eigenvalue weighted by Crippen LogP contribution is -2.37. The van der Waals surface area contributed by atoms with Gasteiger partial charge in [0.25, 0.3) is 0 Å². The van der Waals surface area contributed by atoms with Gasteiger partial charge in [-0.25, -0.2) is 9.48 Å². The molecule has 3 aromatic rings. The number of aryl methyl sites for hydroxylation is 1. The van der Waals surface area contributed by atoms with Crippen molar-refractivity contribution in [3.8, 4) is 5.69 Å². The minimum absolute atomic E-state index is 0.0180. The molecule has 8 heteroatoms. The molecule has 0 fully saturated rings. The van der Waals surface area contributed by atoms with Crippen LogP contribution >= 0.6 is 0 Å². The van der Waals surface area contributed by atoms with Crippen LogP contribution in [0, 0.1) is 13.8 Å². The summed E-state index contributed by atoms with van der Waals surface area (Å²) in [6.07, 6.45) is -4.48. The number of nitrogens with zero attached hydrogens (tertiary/aromatic N) is 2. The molecule has 1 aromatic heterocycles. The van der Waals surface area contributed by atoms with Crippen LogP contribution in [0.5, 0.6) is 0 Å². The van der Waals surface area contributed by atoms with Crippen LogP contribution in [-0.2, 0) is 12.7 Å². The number of aromatic nitrogens is 2. The molecule has 0 bridgehead atoms. The Kier molecular flexibility index (Phi) is 6.14. The molecule has 1 atom stereocenters. The van der Waals surface area contributed by atoms with Gasteiger partial charge in [0.05, 0.1) is 23.0 Å². The largest absolute Gasteiger partial charge is 0.416 e. The van der Waals surface area contributed by atoms with Crippen molar-refractivity contribution in [2.45, 2.75) is 39.5 Å². The summed E-state index contributed by atoms with van der Waals surface area (Å²) in [7, 11) is 0. The highest BCUT2D eigenvalue weighted by molar-refractivity contribution is 5.74. The number of carbonyl (C=O) groups is 1. The van der Waals surface area contributed by atoms with Crippen molar-refractivity contribution in [3.63, 3.8) is 0 Å². The molecule has 2 amide bonds. The minimum atomic E-state index is -4.48. The highest BCUT2D eigenvalue weighted by Crippen LogP contribution is 2.34. The van der Waals surface area contributed by atoms with E-state index in [1.54, 1.807) is 4.68 Å². The van der Waals surface area contributed by atoms with Gasteiger partial charge in [0.1, 0.15) is 0 Å². The Balaban J connectivity index is 1.68. The molecule has 0 aliphatic carbocycles. The number of hydrogen-bond donors (Lipinski definition) is 2. The third-order valence-corrected chi connectivity index (χ3v) is 4.95. The Morgan fingerprint density at radius 3 is 2.37 bits per heavy atom. The average Bonchev–Trinajstić information content (AvgIpc) is 3.00. The molecule has 0 saturated heterocycles. The van der Waals surface area contributed by atoms with Gasteiger partial charge < -0.3 is 10.6 Å². The van der Waals surface area contributed by atoms with Crippen molar-refractivity contribution < 1.29 is 18.0 Å². The first-order valence-electron chi connectivity index (χ1n) is 9.49. The van der Waals surface area contributed by atoms with Crippen LogP contribution in [0.2, 0.25) is 0 Å². The Morgan fingerprint density at radius 1 is 1.07 bits per heavy atom. The van der Waals surface area contributed by atoms with Gasteiger partial charge in [-0.05, 0) is 44.5 Å². The molecule has 0 saturated carbocycles. The smallest absolute Gasteiger partial charge is 0.334 e. The van der Waals surface area contributed by atoms with Crippen molar-refractivity contribution in [2.24, 2.45) is 0 Å². The van der Waals surface area contributed by atoms with E-state index in [0.717, 1.165) is 28.7 Å². The zero-order valence-corrected chi connectivity index (χ0v) is 16.9. The van der Waals surface area contributed by atoms with Crippen LogP contribution in [0.15, 0.2) is 54.6 Å². The number of hydrogen-bond acceptors (Lipinski definition) is 2. The van der Waals surface area contributed by atoms with Gasteiger partial charge in [-0.2, -0.15) is 18.3 Å². The van der Waals surface area contributed by atoms with E-state index in [2.05, 4.69) is 15.7 Å². The number of halogens is 3. The molecule has 3 rings (SSSR count). The summed E-state index contributed by atoms with van der Waals surface area (Å²) in [6, 6.07) is 13.5. The number of carbonyl (C=O) groups excluding carboxylic acids is 1. The number of para-hydroxylation sites is 1. The molecule has 0 spiro atoms. The Morgan fingerprint density at radius 2 is 1.70 bits per heavy atom. The molecular formula is C22H23F3N4O. The Bertz CT molecular complexity index is 1030. The van der Waals surface area contributed by atoms with Gasteiger partial charge in [0, 0.05) is 17.8 Å². The summed E-state index contributed by atoms with van der Waals surface area (Å²) in [5.74, 6) is 0. The summed E-state index contributed by atoms with van der Waals surface area (Å²) >= 11 is 0. The summed E-state index contributed by atoms with van der Waals surface area (Å²) in [6.45, 7) is 5.49. The average molecular weight is 416 g/mol. The van der Waals surface area contributed by atoms with Gasteiger partial charge >= 0.3 is 12.2 Å². The lowest BCUT2D eigenvalue weighted by molar-refractivity contribution is -0.138. The number of rotatable bonds is 5. The molecule has 1 unspecified atom stereocenters. The molecule has 0 radical (unpaired) electrons. The quantitative estimate of drug-likeness (QED) is 0.610. The first-order chi connectivity index (χ1) is 14.2. The number of amides is 2. The van der Waals surface area contributed by atoms with Crippen LogP contribution in [0.4, 0.5) is 18.0 Å². The van der Waals surface area contributed by atoms with Crippen molar-refractivity contribution in [2.75, 3.05) is 0 Å². The number of urea groups is 1. The first-order valence-corrected chi connectivity index (χ1v) is 9.49. The summed E-state index contributed by atoms with van der Waals surface area (Å²) in [5, 5.41) is 9.82. The fourth-order valence-electron chi connectivity index (χ4n) is 3.38. The Hall–Kier alpha value is -3.29. The standard InChI is InChI=1S/C22H23F3N4O/c1-14(18-11-7-8-12-20(18)22(23,24)25)27-21(30)26-13-19-15(2)28-29(16(19)3)17-9-5-4-6-10-17/h4-12,14H,13H2,1-3H3,(H2,26,27,30). The zero-order valence-electron chi connectivity index (χ0n) is 16.9. The van der Waals surface area contributed by atoms with E-state index in [-0.39, 0.29) is 12.1 Å². The summed E-state index contributed by atoms with van der Waals surface area (Å²) in [4.78, 5) is 12.3. The maximum atomic E-state index is 13.2. The maximum Gasteiger partial charge on any atom is 0.416 e. The molecule has 158 valence electrons. The number of nitrogens with one attached hydrogen (secondary N) is 2. The van der Waals surface area contributed by atoms with Gasteiger partial charge in [-0.15, -0.1) is 0 Å². The second-order valence-electron chi connectivity index (χ2n) is 7.03. The fourth-order valence-corrected chi connectivity index (χ4v) is 3.38. The van der Waals surface area contributed by atoms with E-state index in [1.807, 2.05) is 44.2 Å². The van der Waals surface area contributed by atoms with Crippen molar-refractivity contribution in [1.29, 1.82) is 0 Å². The fraction of sp³-hybridized carbons (Fsp3) is 0.273. The van der Waals surface area contributed by atoms with E-state index < -0.39 is 23.8 Å². The lowest BCUT2D eigenvalue weighted by Gasteiger charge is -2.19. The number of alkyl halides is 3. The molecule has 1 heterocycles. The van der Waals surface area contributed by atoms with E-state index in [1.165, 1.54) is 25.1 Å². The minimum Gasteiger partial charge on any atom is -0.334 e. The summed E-state index contributed by atoms with van der Waals surface area (Å²) < 4.78 is 41.4.